The van der Waals surface area contributed by atoms with E-state index in [1.165, 1.54) is 12.3 Å². The van der Waals surface area contributed by atoms with Gasteiger partial charge in [-0.1, -0.05) is 11.6 Å². The van der Waals surface area contributed by atoms with E-state index in [-0.39, 0.29) is 5.69 Å². The van der Waals surface area contributed by atoms with Crippen molar-refractivity contribution in [2.75, 3.05) is 0 Å². The Morgan fingerprint density at radius 3 is 2.60 bits per heavy atom. The zero-order valence-electron chi connectivity index (χ0n) is 4.84. The molecule has 0 atom stereocenters. The average molecular weight is 176 g/mol. The Hall–Kier alpha value is -0.600. The Bertz CT molecular complexity index is 244. The summed E-state index contributed by atoms with van der Waals surface area (Å²) in [4.78, 5) is 14.1. The summed E-state index contributed by atoms with van der Waals surface area (Å²) in [6, 6.07) is 3.03. The molecule has 0 amide bonds. The van der Waals surface area contributed by atoms with Gasteiger partial charge >= 0.3 is 0 Å². The molecule has 0 aliphatic rings. The molecule has 0 aliphatic carbocycles. The maximum absolute atomic E-state index is 10.4. The van der Waals surface area contributed by atoms with Crippen molar-refractivity contribution in [3.05, 3.63) is 29.0 Å². The van der Waals surface area contributed by atoms with Gasteiger partial charge in [0.15, 0.2) is 0 Å². The first kappa shape index (κ1) is 7.51. The molecule has 0 saturated heterocycles. The molecule has 0 aromatic carbocycles. The molecule has 1 rings (SSSR count). The molecule has 10 heavy (non-hydrogen) atoms. The molecule has 0 radical (unpaired) electrons. The highest BCUT2D eigenvalue weighted by Gasteiger charge is 2.00. The average Bonchev–Trinajstić information content (AvgIpc) is 1.88. The predicted molar refractivity (Wildman–Crippen MR) is 39.4 cm³/mol. The summed E-state index contributed by atoms with van der Waals surface area (Å²) in [5.41, 5.74) is 0.214. The number of carbonyl (C=O) groups is 1. The van der Waals surface area contributed by atoms with E-state index in [2.05, 4.69) is 4.98 Å². The Kier molecular flexibility index (Phi) is 2.25. The number of hydrogen-bond donors (Lipinski definition) is 0. The Morgan fingerprint density at radius 2 is 2.20 bits per heavy atom. The Balaban J connectivity index is 3.00. The lowest BCUT2D eigenvalue weighted by atomic mass is 10.4. The van der Waals surface area contributed by atoms with Crippen molar-refractivity contribution in [3.8, 4) is 0 Å². The first-order chi connectivity index (χ1) is 4.70. The highest BCUT2D eigenvalue weighted by molar-refractivity contribution is 6.67. The molecule has 0 spiro atoms. The second-order valence-electron chi connectivity index (χ2n) is 1.64. The zero-order valence-corrected chi connectivity index (χ0v) is 6.36. The third kappa shape index (κ3) is 1.69. The van der Waals surface area contributed by atoms with Crippen LogP contribution in [0.3, 0.4) is 0 Å². The van der Waals surface area contributed by atoms with Gasteiger partial charge in [-0.05, 0) is 23.7 Å². The van der Waals surface area contributed by atoms with Crippen LogP contribution in [0.4, 0.5) is 0 Å². The van der Waals surface area contributed by atoms with Gasteiger partial charge in [-0.25, -0.2) is 0 Å². The standard InChI is InChI=1S/C6H3Cl2NO/c7-4-1-2-5(6(8)10)9-3-4/h1-3H. The molecule has 0 aliphatic heterocycles. The molecule has 0 N–H and O–H groups in total. The second kappa shape index (κ2) is 2.99. The molecule has 0 saturated carbocycles. The van der Waals surface area contributed by atoms with Crippen molar-refractivity contribution in [2.45, 2.75) is 0 Å². The van der Waals surface area contributed by atoms with Crippen LogP contribution in [-0.4, -0.2) is 10.2 Å². The molecule has 0 fully saturated rings. The number of hydrogen-bond acceptors (Lipinski definition) is 2. The fraction of sp³-hybridized carbons (Fsp3) is 0. The van der Waals surface area contributed by atoms with Crippen LogP contribution in [0.1, 0.15) is 10.5 Å². The third-order valence-corrected chi connectivity index (χ3v) is 1.35. The highest BCUT2D eigenvalue weighted by Crippen LogP contribution is 2.07. The van der Waals surface area contributed by atoms with Gasteiger partial charge in [0.05, 0.1) is 5.02 Å². The maximum Gasteiger partial charge on any atom is 0.270 e. The minimum atomic E-state index is -0.573. The molecule has 4 heteroatoms. The predicted octanol–water partition coefficient (Wildman–Crippen LogP) is 2.11. The molecule has 52 valence electrons. The van der Waals surface area contributed by atoms with Crippen LogP contribution >= 0.6 is 23.2 Å². The number of aromatic nitrogens is 1. The Morgan fingerprint density at radius 1 is 1.50 bits per heavy atom. The van der Waals surface area contributed by atoms with E-state index in [1.54, 1.807) is 6.07 Å². The molecule has 1 aromatic heterocycles. The molecule has 0 bridgehead atoms. The summed E-state index contributed by atoms with van der Waals surface area (Å²) < 4.78 is 0. The minimum Gasteiger partial charge on any atom is -0.274 e. The van der Waals surface area contributed by atoms with Crippen LogP contribution in [0.5, 0.6) is 0 Å². The van der Waals surface area contributed by atoms with Crippen molar-refractivity contribution in [2.24, 2.45) is 0 Å². The maximum atomic E-state index is 10.4. The molecule has 1 heterocycles. The SMILES string of the molecule is O=C(Cl)c1ccc(Cl)cn1. The van der Waals surface area contributed by atoms with Gasteiger partial charge in [-0.3, -0.25) is 9.78 Å². The van der Waals surface area contributed by atoms with E-state index >= 15 is 0 Å². The van der Waals surface area contributed by atoms with Crippen LogP contribution in [-0.2, 0) is 0 Å². The molecule has 2 nitrogen and oxygen atoms in total. The van der Waals surface area contributed by atoms with Crippen molar-refractivity contribution >= 4 is 28.4 Å². The van der Waals surface area contributed by atoms with Crippen LogP contribution in [0.15, 0.2) is 18.3 Å². The largest absolute Gasteiger partial charge is 0.274 e. The van der Waals surface area contributed by atoms with Crippen molar-refractivity contribution in [3.63, 3.8) is 0 Å². The van der Waals surface area contributed by atoms with Gasteiger partial charge < -0.3 is 0 Å². The third-order valence-electron chi connectivity index (χ3n) is 0.929. The van der Waals surface area contributed by atoms with Crippen LogP contribution < -0.4 is 0 Å². The van der Waals surface area contributed by atoms with E-state index in [0.29, 0.717) is 5.02 Å². The number of pyridine rings is 1. The molecular weight excluding hydrogens is 173 g/mol. The summed E-state index contributed by atoms with van der Waals surface area (Å²) in [6.07, 6.45) is 1.37. The van der Waals surface area contributed by atoms with Crippen molar-refractivity contribution in [1.29, 1.82) is 0 Å². The summed E-state index contributed by atoms with van der Waals surface area (Å²) in [5, 5.41) is -0.0849. The van der Waals surface area contributed by atoms with E-state index in [0.717, 1.165) is 0 Å². The summed E-state index contributed by atoms with van der Waals surface area (Å²) >= 11 is 10.6. The van der Waals surface area contributed by atoms with Gasteiger partial charge in [-0.15, -0.1) is 0 Å². The lowest BCUT2D eigenvalue weighted by Crippen LogP contribution is -1.91. The van der Waals surface area contributed by atoms with E-state index < -0.39 is 5.24 Å². The van der Waals surface area contributed by atoms with Gasteiger partial charge in [-0.2, -0.15) is 0 Å². The number of nitrogens with zero attached hydrogens (tertiary/aromatic N) is 1. The molecular formula is C6H3Cl2NO. The Labute approximate surface area is 67.8 Å². The number of halogens is 2. The lowest BCUT2D eigenvalue weighted by Gasteiger charge is -1.90. The summed E-state index contributed by atoms with van der Waals surface area (Å²) in [6.45, 7) is 0. The first-order valence-electron chi connectivity index (χ1n) is 2.51. The van der Waals surface area contributed by atoms with Gasteiger partial charge in [0.2, 0.25) is 0 Å². The first-order valence-corrected chi connectivity index (χ1v) is 3.27. The second-order valence-corrected chi connectivity index (χ2v) is 2.42. The van der Waals surface area contributed by atoms with Gasteiger partial charge in [0.1, 0.15) is 5.69 Å². The van der Waals surface area contributed by atoms with E-state index in [9.17, 15) is 4.79 Å². The minimum absolute atomic E-state index is 0.214. The number of rotatable bonds is 1. The van der Waals surface area contributed by atoms with Crippen molar-refractivity contribution < 1.29 is 4.79 Å². The van der Waals surface area contributed by atoms with Gasteiger partial charge in [0, 0.05) is 6.20 Å². The van der Waals surface area contributed by atoms with Crippen LogP contribution in [0.2, 0.25) is 5.02 Å². The highest BCUT2D eigenvalue weighted by atomic mass is 35.5. The van der Waals surface area contributed by atoms with Crippen LogP contribution in [0.25, 0.3) is 0 Å². The van der Waals surface area contributed by atoms with Crippen molar-refractivity contribution in [1.82, 2.24) is 4.98 Å². The van der Waals surface area contributed by atoms with Crippen LogP contribution in [0, 0.1) is 0 Å². The normalized spacial score (nSPS) is 9.40. The summed E-state index contributed by atoms with van der Waals surface area (Å²) in [5.74, 6) is 0. The topological polar surface area (TPSA) is 30.0 Å². The van der Waals surface area contributed by atoms with E-state index in [4.69, 9.17) is 23.2 Å². The summed E-state index contributed by atoms with van der Waals surface area (Å²) in [7, 11) is 0. The van der Waals surface area contributed by atoms with Gasteiger partial charge in [0.25, 0.3) is 5.24 Å². The quantitative estimate of drug-likeness (QED) is 0.613. The molecule has 1 aromatic rings. The molecule has 0 unspecified atom stereocenters. The zero-order chi connectivity index (χ0) is 7.56. The number of carbonyl (C=O) groups excluding carboxylic acids is 1. The smallest absolute Gasteiger partial charge is 0.270 e. The monoisotopic (exact) mass is 175 g/mol. The van der Waals surface area contributed by atoms with E-state index in [1.807, 2.05) is 0 Å². The lowest BCUT2D eigenvalue weighted by molar-refractivity contribution is 0.107. The fourth-order valence-corrected chi connectivity index (χ4v) is 0.716. The fourth-order valence-electron chi connectivity index (χ4n) is 0.492.